The monoisotopic (exact) mass is 572 g/mol. The summed E-state index contributed by atoms with van der Waals surface area (Å²) in [6, 6.07) is 12.4. The first-order valence-electron chi connectivity index (χ1n) is 13.4. The number of amides is 2. The average Bonchev–Trinajstić information content (AvgIpc) is 3.72. The first kappa shape index (κ1) is 26.8. The van der Waals surface area contributed by atoms with Gasteiger partial charge in [0.05, 0.1) is 0 Å². The van der Waals surface area contributed by atoms with Crippen LogP contribution in [-0.2, 0) is 25.9 Å². The van der Waals surface area contributed by atoms with E-state index in [9.17, 15) is 9.59 Å². The first-order valence-corrected chi connectivity index (χ1v) is 15.0. The molecule has 0 fully saturated rings. The Morgan fingerprint density at radius 1 is 0.725 bits per heavy atom. The lowest BCUT2D eigenvalue weighted by Crippen LogP contribution is -2.28. The van der Waals surface area contributed by atoms with Crippen LogP contribution in [0.1, 0.15) is 40.5 Å². The van der Waals surface area contributed by atoms with Crippen molar-refractivity contribution in [3.8, 4) is 11.1 Å². The molecule has 0 N–H and O–H groups in total. The number of nitrogens with zero attached hydrogens (tertiary/aromatic N) is 6. The number of anilines is 2. The topological polar surface area (TPSA) is 72.9 Å². The Balaban J connectivity index is 1.28. The highest BCUT2D eigenvalue weighted by atomic mass is 32.1. The summed E-state index contributed by atoms with van der Waals surface area (Å²) in [5.41, 5.74) is 6.51. The molecule has 206 valence electrons. The fourth-order valence-corrected chi connectivity index (χ4v) is 7.57. The number of carbonyl (C=O) groups excluding carboxylic acids is 2. The average molecular weight is 573 g/mol. The molecule has 0 spiro atoms. The number of benzene rings is 2. The van der Waals surface area contributed by atoms with Crippen molar-refractivity contribution in [1.29, 1.82) is 0 Å². The molecule has 0 saturated carbocycles. The van der Waals surface area contributed by atoms with Crippen LogP contribution in [0.25, 0.3) is 11.1 Å². The SMILES string of the molecule is CN(C)Cc1cnc(C(=O)N2CCc3c(-c4cccc5c4CCN5C(=O)c4ncc(CN(C)C)s4)cccc32)s1. The predicted molar refractivity (Wildman–Crippen MR) is 162 cm³/mol. The number of thiazole rings is 2. The van der Waals surface area contributed by atoms with Gasteiger partial charge < -0.3 is 19.6 Å². The maximum Gasteiger partial charge on any atom is 0.287 e. The first-order chi connectivity index (χ1) is 19.3. The van der Waals surface area contributed by atoms with Crippen molar-refractivity contribution in [3.63, 3.8) is 0 Å². The van der Waals surface area contributed by atoms with E-state index < -0.39 is 0 Å². The molecule has 0 radical (unpaired) electrons. The van der Waals surface area contributed by atoms with Gasteiger partial charge in [-0.05, 0) is 75.4 Å². The number of aromatic nitrogens is 2. The summed E-state index contributed by atoms with van der Waals surface area (Å²) in [4.78, 5) is 45.8. The van der Waals surface area contributed by atoms with Gasteiger partial charge in [0.25, 0.3) is 11.8 Å². The summed E-state index contributed by atoms with van der Waals surface area (Å²) in [5.74, 6) is -0.0869. The number of hydrogen-bond acceptors (Lipinski definition) is 8. The third-order valence-corrected chi connectivity index (χ3v) is 9.19. The summed E-state index contributed by atoms with van der Waals surface area (Å²) in [6.45, 7) is 2.80. The van der Waals surface area contributed by atoms with Crippen molar-refractivity contribution in [3.05, 3.63) is 79.7 Å². The van der Waals surface area contributed by atoms with Gasteiger partial charge in [0, 0.05) is 59.7 Å². The van der Waals surface area contributed by atoms with Crippen molar-refractivity contribution in [2.24, 2.45) is 0 Å². The lowest BCUT2D eigenvalue weighted by Gasteiger charge is -2.18. The molecular formula is C30H32N6O2S2. The lowest BCUT2D eigenvalue weighted by molar-refractivity contribution is 0.0981. The maximum absolute atomic E-state index is 13.5. The predicted octanol–water partition coefficient (Wildman–Crippen LogP) is 4.80. The van der Waals surface area contributed by atoms with Crippen molar-refractivity contribution >= 4 is 45.9 Å². The van der Waals surface area contributed by atoms with Crippen molar-refractivity contribution in [2.75, 3.05) is 51.1 Å². The van der Waals surface area contributed by atoms with Crippen LogP contribution in [0.2, 0.25) is 0 Å². The van der Waals surface area contributed by atoms with Crippen LogP contribution in [0.4, 0.5) is 11.4 Å². The van der Waals surface area contributed by atoms with Crippen molar-refractivity contribution in [1.82, 2.24) is 19.8 Å². The molecule has 0 unspecified atom stereocenters. The smallest absolute Gasteiger partial charge is 0.287 e. The Hall–Kier alpha value is -3.44. The molecule has 2 aliphatic heterocycles. The summed E-state index contributed by atoms with van der Waals surface area (Å²) in [6.07, 6.45) is 5.18. The quantitative estimate of drug-likeness (QED) is 0.317. The molecule has 0 atom stereocenters. The van der Waals surface area contributed by atoms with E-state index in [1.807, 2.05) is 62.3 Å². The molecule has 2 aromatic heterocycles. The molecule has 4 aromatic rings. The summed E-state index contributed by atoms with van der Waals surface area (Å²) in [7, 11) is 8.04. The lowest BCUT2D eigenvalue weighted by atomic mass is 9.93. The van der Waals surface area contributed by atoms with Crippen molar-refractivity contribution in [2.45, 2.75) is 25.9 Å². The number of rotatable bonds is 7. The van der Waals surface area contributed by atoms with Gasteiger partial charge in [-0.25, -0.2) is 9.97 Å². The van der Waals surface area contributed by atoms with Crippen LogP contribution in [0, 0.1) is 0 Å². The number of fused-ring (bicyclic) bond motifs is 2. The molecular weight excluding hydrogens is 541 g/mol. The van der Waals surface area contributed by atoms with Crippen LogP contribution in [0.5, 0.6) is 0 Å². The minimum Gasteiger partial charge on any atom is -0.306 e. The molecule has 8 nitrogen and oxygen atoms in total. The van der Waals surface area contributed by atoms with Crippen LogP contribution in [0.3, 0.4) is 0 Å². The Bertz CT molecular complexity index is 1470. The zero-order valence-corrected chi connectivity index (χ0v) is 24.8. The van der Waals surface area contributed by atoms with E-state index >= 15 is 0 Å². The molecule has 2 aliphatic rings. The minimum atomic E-state index is -0.0435. The highest BCUT2D eigenvalue weighted by Gasteiger charge is 2.32. The molecule has 4 heterocycles. The second-order valence-electron chi connectivity index (χ2n) is 10.8. The molecule has 10 heteroatoms. The van der Waals surface area contributed by atoms with Crippen molar-refractivity contribution < 1.29 is 9.59 Å². The fourth-order valence-electron chi connectivity index (χ4n) is 5.61. The molecule has 2 aromatic carbocycles. The zero-order valence-electron chi connectivity index (χ0n) is 23.2. The van der Waals surface area contributed by atoms with Gasteiger partial charge in [-0.1, -0.05) is 24.3 Å². The van der Waals surface area contributed by atoms with Gasteiger partial charge in [-0.3, -0.25) is 9.59 Å². The van der Waals surface area contributed by atoms with Gasteiger partial charge >= 0.3 is 0 Å². The fraction of sp³-hybridized carbons (Fsp3) is 0.333. The standard InChI is InChI=1S/C30H32N6O2S2/c1-33(2)17-19-15-31-27(39-19)29(37)35-13-11-23-21(7-5-9-25(23)35)22-8-6-10-26-24(22)12-14-36(26)30(38)28-32-16-20(40-28)18-34(3)4/h5-10,15-16H,11-14,17-18H2,1-4H3. The van der Waals surface area contributed by atoms with Crippen LogP contribution in [0.15, 0.2) is 48.8 Å². The second kappa shape index (κ2) is 10.9. The molecule has 0 bridgehead atoms. The van der Waals surface area contributed by atoms with E-state index in [4.69, 9.17) is 0 Å². The van der Waals surface area contributed by atoms with E-state index in [1.54, 1.807) is 12.4 Å². The van der Waals surface area contributed by atoms with Gasteiger partial charge in [-0.2, -0.15) is 0 Å². The molecule has 0 saturated heterocycles. The third-order valence-electron chi connectivity index (χ3n) is 7.25. The summed E-state index contributed by atoms with van der Waals surface area (Å²) < 4.78 is 0. The van der Waals surface area contributed by atoms with Crippen LogP contribution < -0.4 is 9.80 Å². The van der Waals surface area contributed by atoms with Crippen LogP contribution in [-0.4, -0.2) is 72.9 Å². The Labute approximate surface area is 242 Å². The van der Waals surface area contributed by atoms with E-state index in [0.29, 0.717) is 23.1 Å². The van der Waals surface area contributed by atoms with E-state index in [2.05, 4.69) is 31.9 Å². The Morgan fingerprint density at radius 2 is 1.15 bits per heavy atom. The summed E-state index contributed by atoms with van der Waals surface area (Å²) in [5, 5.41) is 1.06. The van der Waals surface area contributed by atoms with E-state index in [0.717, 1.165) is 58.2 Å². The second-order valence-corrected chi connectivity index (χ2v) is 13.0. The van der Waals surface area contributed by atoms with Crippen LogP contribution >= 0.6 is 22.7 Å². The molecule has 0 aliphatic carbocycles. The Morgan fingerprint density at radius 3 is 1.55 bits per heavy atom. The summed E-state index contributed by atoms with van der Waals surface area (Å²) >= 11 is 2.93. The molecule has 2 amide bonds. The van der Waals surface area contributed by atoms with E-state index in [1.165, 1.54) is 33.8 Å². The molecule has 40 heavy (non-hydrogen) atoms. The highest BCUT2D eigenvalue weighted by Crippen LogP contribution is 2.42. The molecule has 6 rings (SSSR count). The minimum absolute atomic E-state index is 0.0435. The van der Waals surface area contributed by atoms with Gasteiger partial charge in [0.2, 0.25) is 0 Å². The number of hydrogen-bond donors (Lipinski definition) is 0. The maximum atomic E-state index is 13.5. The Kier molecular flexibility index (Phi) is 7.26. The zero-order chi connectivity index (χ0) is 28.0. The normalized spacial score (nSPS) is 14.3. The van der Waals surface area contributed by atoms with Gasteiger partial charge in [0.1, 0.15) is 0 Å². The van der Waals surface area contributed by atoms with Gasteiger partial charge in [-0.15, -0.1) is 22.7 Å². The third kappa shape index (κ3) is 4.96. The van der Waals surface area contributed by atoms with Gasteiger partial charge in [0.15, 0.2) is 10.0 Å². The van der Waals surface area contributed by atoms with E-state index in [-0.39, 0.29) is 11.8 Å². The highest BCUT2D eigenvalue weighted by molar-refractivity contribution is 7.14. The number of carbonyl (C=O) groups is 2. The largest absolute Gasteiger partial charge is 0.306 e.